The van der Waals surface area contributed by atoms with E-state index >= 15 is 0 Å². The average molecular weight is 605 g/mol. The molecule has 1 fully saturated rings. The first-order valence-corrected chi connectivity index (χ1v) is 16.5. The van der Waals surface area contributed by atoms with E-state index in [4.69, 9.17) is 8.92 Å². The fraction of sp³-hybridized carbons (Fsp3) is 0.250. The molecular formula is C32H32N2O6S2. The number of aryl methyl sites for hydroxylation is 2. The van der Waals surface area contributed by atoms with Crippen LogP contribution in [0.15, 0.2) is 101 Å². The van der Waals surface area contributed by atoms with Crippen LogP contribution in [0.2, 0.25) is 0 Å². The van der Waals surface area contributed by atoms with Gasteiger partial charge >= 0.3 is 10.1 Å². The summed E-state index contributed by atoms with van der Waals surface area (Å²) in [6.45, 7) is 4.73. The lowest BCUT2D eigenvalue weighted by Gasteiger charge is -2.36. The monoisotopic (exact) mass is 604 g/mol. The Bertz CT molecular complexity index is 1840. The number of hydrogen-bond acceptors (Lipinski definition) is 7. The summed E-state index contributed by atoms with van der Waals surface area (Å²) in [5.74, 6) is 0.213. The van der Waals surface area contributed by atoms with Gasteiger partial charge in [-0.25, -0.2) is 8.42 Å². The number of ether oxygens (including phenoxy) is 1. The van der Waals surface area contributed by atoms with E-state index in [0.29, 0.717) is 12.1 Å². The molecule has 0 N–H and O–H groups in total. The molecule has 0 radical (unpaired) electrons. The number of fused-ring (bicyclic) bond motifs is 3. The third kappa shape index (κ3) is 5.09. The molecule has 4 aromatic rings. The number of sulfonamides is 1. The Hall–Kier alpha value is -3.70. The quantitative estimate of drug-likeness (QED) is 0.262. The van der Waals surface area contributed by atoms with Crippen LogP contribution in [-0.4, -0.2) is 46.2 Å². The number of rotatable bonds is 7. The molecule has 6 rings (SSSR count). The summed E-state index contributed by atoms with van der Waals surface area (Å²) < 4.78 is 66.9. The highest BCUT2D eigenvalue weighted by molar-refractivity contribution is 7.89. The highest BCUT2D eigenvalue weighted by atomic mass is 32.2. The third-order valence-electron chi connectivity index (χ3n) is 8.02. The highest BCUT2D eigenvalue weighted by Gasteiger charge is 2.48. The predicted molar refractivity (Wildman–Crippen MR) is 159 cm³/mol. The normalized spacial score (nSPS) is 19.2. The standard InChI is InChI=1S/C32H32N2O6S2/c1-22-8-13-26(14-9-22)41(35,36)34-21-29-28-7-5-4-6-24(28)18-19-33(29)32(34)25-12-17-30(31(20-25)39-3)40-42(37,38)27-15-10-23(2)11-16-27/h4-17,20,29,32H,18-19,21H2,1-3H3/t29-,32+/m1/s1. The minimum atomic E-state index is -4.12. The van der Waals surface area contributed by atoms with Crippen molar-refractivity contribution in [3.05, 3.63) is 119 Å². The smallest absolute Gasteiger partial charge is 0.339 e. The van der Waals surface area contributed by atoms with E-state index in [1.54, 1.807) is 52.8 Å². The molecule has 2 aliphatic heterocycles. The summed E-state index contributed by atoms with van der Waals surface area (Å²) in [5, 5.41) is 0. The van der Waals surface area contributed by atoms with Crippen molar-refractivity contribution < 1.29 is 25.8 Å². The molecule has 10 heteroatoms. The summed E-state index contributed by atoms with van der Waals surface area (Å²) in [6.07, 6.45) is 0.153. The largest absolute Gasteiger partial charge is 0.493 e. The summed E-state index contributed by atoms with van der Waals surface area (Å²) in [6, 6.07) is 26.2. The van der Waals surface area contributed by atoms with Crippen LogP contribution < -0.4 is 8.92 Å². The predicted octanol–water partition coefficient (Wildman–Crippen LogP) is 5.38. The van der Waals surface area contributed by atoms with Crippen LogP contribution in [0, 0.1) is 13.8 Å². The van der Waals surface area contributed by atoms with Gasteiger partial charge in [0.15, 0.2) is 11.5 Å². The molecule has 0 spiro atoms. The second kappa shape index (κ2) is 10.9. The Balaban J connectivity index is 1.41. The van der Waals surface area contributed by atoms with Crippen LogP contribution in [0.4, 0.5) is 0 Å². The van der Waals surface area contributed by atoms with Gasteiger partial charge in [0.2, 0.25) is 10.0 Å². The molecule has 0 aliphatic carbocycles. The summed E-state index contributed by atoms with van der Waals surface area (Å²) in [7, 11) is -6.57. The van der Waals surface area contributed by atoms with E-state index in [-0.39, 0.29) is 33.9 Å². The lowest BCUT2D eigenvalue weighted by atomic mass is 9.93. The molecule has 42 heavy (non-hydrogen) atoms. The van der Waals surface area contributed by atoms with E-state index in [9.17, 15) is 16.8 Å². The first-order chi connectivity index (χ1) is 20.1. The zero-order chi connectivity index (χ0) is 29.6. The molecule has 2 atom stereocenters. The maximum Gasteiger partial charge on any atom is 0.339 e. The second-order valence-corrected chi connectivity index (χ2v) is 14.2. The van der Waals surface area contributed by atoms with Gasteiger partial charge in [-0.3, -0.25) is 4.90 Å². The van der Waals surface area contributed by atoms with Crippen molar-refractivity contribution in [2.45, 2.75) is 42.3 Å². The molecule has 0 bridgehead atoms. The first-order valence-electron chi connectivity index (χ1n) is 13.7. The van der Waals surface area contributed by atoms with Crippen LogP contribution >= 0.6 is 0 Å². The van der Waals surface area contributed by atoms with Crippen molar-refractivity contribution in [1.82, 2.24) is 9.21 Å². The molecule has 218 valence electrons. The zero-order valence-corrected chi connectivity index (χ0v) is 25.2. The molecule has 4 aromatic carbocycles. The van der Waals surface area contributed by atoms with Gasteiger partial charge < -0.3 is 8.92 Å². The van der Waals surface area contributed by atoms with E-state index in [0.717, 1.165) is 23.1 Å². The van der Waals surface area contributed by atoms with Gasteiger partial charge in [0.25, 0.3) is 0 Å². The maximum absolute atomic E-state index is 14.1. The summed E-state index contributed by atoms with van der Waals surface area (Å²) in [4.78, 5) is 2.45. The third-order valence-corrected chi connectivity index (χ3v) is 11.1. The van der Waals surface area contributed by atoms with Crippen molar-refractivity contribution >= 4 is 20.1 Å². The molecule has 0 aromatic heterocycles. The Morgan fingerprint density at radius 1 is 0.762 bits per heavy atom. The average Bonchev–Trinajstić information content (AvgIpc) is 3.39. The first kappa shape index (κ1) is 28.4. The van der Waals surface area contributed by atoms with E-state index in [1.807, 2.05) is 26.0 Å². The minimum absolute atomic E-state index is 0.0216. The molecule has 0 saturated carbocycles. The van der Waals surface area contributed by atoms with Crippen LogP contribution in [0.3, 0.4) is 0 Å². The Labute approximate surface area is 247 Å². The second-order valence-electron chi connectivity index (χ2n) is 10.7. The maximum atomic E-state index is 14.1. The van der Waals surface area contributed by atoms with Crippen LogP contribution in [-0.2, 0) is 26.6 Å². The molecule has 1 saturated heterocycles. The molecule has 0 amide bonds. The van der Waals surface area contributed by atoms with Crippen molar-refractivity contribution in [2.75, 3.05) is 20.2 Å². The number of hydrogen-bond donors (Lipinski definition) is 0. The number of benzene rings is 4. The fourth-order valence-electron chi connectivity index (χ4n) is 5.82. The van der Waals surface area contributed by atoms with Gasteiger partial charge in [-0.2, -0.15) is 12.7 Å². The molecule has 0 unspecified atom stereocenters. The lowest BCUT2D eigenvalue weighted by Crippen LogP contribution is -2.37. The molecular weight excluding hydrogens is 572 g/mol. The van der Waals surface area contributed by atoms with Crippen molar-refractivity contribution in [3.8, 4) is 11.5 Å². The van der Waals surface area contributed by atoms with Crippen molar-refractivity contribution in [2.24, 2.45) is 0 Å². The Morgan fingerprint density at radius 3 is 2.07 bits per heavy atom. The van der Waals surface area contributed by atoms with Gasteiger partial charge in [-0.1, -0.05) is 65.7 Å². The van der Waals surface area contributed by atoms with Crippen LogP contribution in [0.1, 0.15) is 40.0 Å². The fourth-order valence-corrected chi connectivity index (χ4v) is 8.35. The Kier molecular flexibility index (Phi) is 7.34. The van der Waals surface area contributed by atoms with Gasteiger partial charge in [0, 0.05) is 13.1 Å². The van der Waals surface area contributed by atoms with E-state index < -0.39 is 26.3 Å². The minimum Gasteiger partial charge on any atom is -0.493 e. The van der Waals surface area contributed by atoms with E-state index in [1.165, 1.54) is 30.9 Å². The topological polar surface area (TPSA) is 93.2 Å². The van der Waals surface area contributed by atoms with Gasteiger partial charge in [0.1, 0.15) is 11.1 Å². The SMILES string of the molecule is COc1cc([C@H]2N3CCc4ccccc4[C@H]3CN2S(=O)(=O)c2ccc(C)cc2)ccc1OS(=O)(=O)c1ccc(C)cc1. The Morgan fingerprint density at radius 2 is 1.40 bits per heavy atom. The van der Waals surface area contributed by atoms with Crippen LogP contribution in [0.5, 0.6) is 11.5 Å². The van der Waals surface area contributed by atoms with E-state index in [2.05, 4.69) is 17.0 Å². The highest BCUT2D eigenvalue weighted by Crippen LogP contribution is 2.48. The van der Waals surface area contributed by atoms with Crippen molar-refractivity contribution in [1.29, 1.82) is 0 Å². The van der Waals surface area contributed by atoms with Gasteiger partial charge in [-0.15, -0.1) is 0 Å². The molecule has 2 aliphatic rings. The lowest BCUT2D eigenvalue weighted by molar-refractivity contribution is 0.154. The molecule has 8 nitrogen and oxygen atoms in total. The number of nitrogens with zero attached hydrogens (tertiary/aromatic N) is 2. The van der Waals surface area contributed by atoms with Crippen LogP contribution in [0.25, 0.3) is 0 Å². The summed E-state index contributed by atoms with van der Waals surface area (Å²) >= 11 is 0. The summed E-state index contributed by atoms with van der Waals surface area (Å²) in [5.41, 5.74) is 4.89. The van der Waals surface area contributed by atoms with Gasteiger partial charge in [-0.05, 0) is 73.4 Å². The number of methoxy groups -OCH3 is 1. The zero-order valence-electron chi connectivity index (χ0n) is 23.6. The molecule has 2 heterocycles. The van der Waals surface area contributed by atoms with Crippen molar-refractivity contribution in [3.63, 3.8) is 0 Å². The van der Waals surface area contributed by atoms with Gasteiger partial charge in [0.05, 0.1) is 18.0 Å².